The maximum absolute atomic E-state index is 11.0. The molecule has 0 aliphatic carbocycles. The third kappa shape index (κ3) is 23.9. The van der Waals surface area contributed by atoms with Crippen LogP contribution >= 0.6 is 23.5 Å². The third-order valence-corrected chi connectivity index (χ3v) is 4.51. The van der Waals surface area contributed by atoms with E-state index in [1.54, 1.807) is 0 Å². The van der Waals surface area contributed by atoms with Crippen LogP contribution in [0.2, 0.25) is 0 Å². The van der Waals surface area contributed by atoms with Crippen LogP contribution in [0.1, 0.15) is 53.4 Å². The Balaban J connectivity index is -0.000000451. The first kappa shape index (κ1) is 33.4. The number of unbranched alkanes of at least 4 members (excludes halogenated alkanes) is 2. The van der Waals surface area contributed by atoms with Crippen LogP contribution in [0.3, 0.4) is 0 Å². The van der Waals surface area contributed by atoms with Crippen molar-refractivity contribution in [2.75, 3.05) is 36.2 Å². The van der Waals surface area contributed by atoms with Gasteiger partial charge in [0.05, 0.1) is 24.7 Å². The van der Waals surface area contributed by atoms with E-state index >= 15 is 0 Å². The summed E-state index contributed by atoms with van der Waals surface area (Å²) >= 11 is 2.76. The van der Waals surface area contributed by atoms with E-state index in [2.05, 4.69) is 19.6 Å². The summed E-state index contributed by atoms with van der Waals surface area (Å²) in [7, 11) is 0. The SMILES string of the molecule is CCCCOOC(=O)C(=O)CSCC.CCCCOOC(=O)C(=O)CSCC.[Zr]. The Labute approximate surface area is 200 Å². The molecule has 0 aromatic heterocycles. The maximum atomic E-state index is 11.0. The first-order chi connectivity index (χ1) is 13.4. The van der Waals surface area contributed by atoms with Gasteiger partial charge in [-0.05, 0) is 24.3 Å². The predicted octanol–water partition coefficient (Wildman–Crippen LogP) is 3.16. The number of rotatable bonds is 16. The summed E-state index contributed by atoms with van der Waals surface area (Å²) in [6, 6.07) is 0. The third-order valence-electron chi connectivity index (χ3n) is 2.76. The molecule has 0 heterocycles. The van der Waals surface area contributed by atoms with Crippen LogP contribution in [-0.2, 0) is 64.9 Å². The Hall–Kier alpha value is -0.217. The number of ketones is 2. The zero-order valence-corrected chi connectivity index (χ0v) is 21.7. The van der Waals surface area contributed by atoms with Gasteiger partial charge >= 0.3 is 11.9 Å². The maximum Gasteiger partial charge on any atom is 0.409 e. The topological polar surface area (TPSA) is 105 Å². The van der Waals surface area contributed by atoms with Crippen molar-refractivity contribution in [3.05, 3.63) is 0 Å². The molecule has 0 saturated heterocycles. The summed E-state index contributed by atoms with van der Waals surface area (Å²) in [4.78, 5) is 61.5. The fourth-order valence-corrected chi connectivity index (χ4v) is 2.21. The number of thioether (sulfide) groups is 2. The van der Waals surface area contributed by atoms with Crippen molar-refractivity contribution >= 4 is 47.0 Å². The molecule has 0 rings (SSSR count). The first-order valence-corrected chi connectivity index (χ1v) is 11.6. The minimum Gasteiger partial charge on any atom is -0.289 e. The molecule has 0 radical (unpaired) electrons. The fourth-order valence-electron chi connectivity index (χ4n) is 1.20. The van der Waals surface area contributed by atoms with Gasteiger partial charge < -0.3 is 0 Å². The van der Waals surface area contributed by atoms with Crippen molar-refractivity contribution in [3.63, 3.8) is 0 Å². The number of carbonyl (C=O) groups excluding carboxylic acids is 4. The molecule has 0 N–H and O–H groups in total. The summed E-state index contributed by atoms with van der Waals surface area (Å²) in [5, 5.41) is 0. The van der Waals surface area contributed by atoms with Gasteiger partial charge in [0.25, 0.3) is 11.6 Å². The zero-order chi connectivity index (χ0) is 21.6. The van der Waals surface area contributed by atoms with Crippen LogP contribution in [0.25, 0.3) is 0 Å². The van der Waals surface area contributed by atoms with E-state index in [1.165, 1.54) is 23.5 Å². The van der Waals surface area contributed by atoms with Gasteiger partial charge in [-0.15, -0.1) is 0 Å². The summed E-state index contributed by atoms with van der Waals surface area (Å²) in [5.74, 6) is -0.976. The molecule has 0 unspecified atom stereocenters. The monoisotopic (exact) mass is 530 g/mol. The zero-order valence-electron chi connectivity index (χ0n) is 17.7. The van der Waals surface area contributed by atoms with E-state index < -0.39 is 23.5 Å². The molecule has 8 nitrogen and oxygen atoms in total. The minimum absolute atomic E-state index is 0. The van der Waals surface area contributed by atoms with Crippen LogP contribution in [-0.4, -0.2) is 59.7 Å². The standard InChI is InChI=1S/2C9H16O4S.Zr/c2*1-3-5-6-12-13-9(11)8(10)7-14-4-2;/h2*3-7H2,1-2H3;. The number of Topliss-reactive ketones (excluding diaryl/α,β-unsaturated/α-hetero) is 2. The van der Waals surface area contributed by atoms with Crippen molar-refractivity contribution in [3.8, 4) is 0 Å². The first-order valence-electron chi connectivity index (χ1n) is 9.33. The minimum atomic E-state index is -0.901. The average Bonchev–Trinajstić information content (AvgIpc) is 2.70. The fraction of sp³-hybridized carbons (Fsp3) is 0.778. The van der Waals surface area contributed by atoms with Crippen LogP contribution in [0.15, 0.2) is 0 Å². The quantitative estimate of drug-likeness (QED) is 0.128. The predicted molar refractivity (Wildman–Crippen MR) is 110 cm³/mol. The Bertz CT molecular complexity index is 410. The molecule has 0 amide bonds. The molecule has 0 aromatic rings. The molecule has 0 fully saturated rings. The number of hydrogen-bond donors (Lipinski definition) is 0. The van der Waals surface area contributed by atoms with Crippen molar-refractivity contribution in [2.24, 2.45) is 0 Å². The second-order valence-corrected chi connectivity index (χ2v) is 7.76. The van der Waals surface area contributed by atoms with E-state index in [4.69, 9.17) is 0 Å². The molecule has 0 spiro atoms. The van der Waals surface area contributed by atoms with Crippen LogP contribution in [0, 0.1) is 0 Å². The molecule has 0 saturated carbocycles. The van der Waals surface area contributed by atoms with Crippen molar-refractivity contribution in [1.82, 2.24) is 0 Å². The van der Waals surface area contributed by atoms with Crippen LogP contribution < -0.4 is 0 Å². The Morgan fingerprint density at radius 2 is 1.00 bits per heavy atom. The van der Waals surface area contributed by atoms with Crippen LogP contribution in [0.4, 0.5) is 0 Å². The largest absolute Gasteiger partial charge is 0.409 e. The van der Waals surface area contributed by atoms with Gasteiger partial charge in [0.15, 0.2) is 0 Å². The molecular weight excluding hydrogens is 500 g/mol. The second-order valence-electron chi connectivity index (χ2n) is 5.21. The van der Waals surface area contributed by atoms with Gasteiger partial charge in [-0.25, -0.2) is 9.59 Å². The molecule has 0 aromatic carbocycles. The smallest absolute Gasteiger partial charge is 0.289 e. The molecule has 29 heavy (non-hydrogen) atoms. The Morgan fingerprint density at radius 3 is 1.28 bits per heavy atom. The van der Waals surface area contributed by atoms with E-state index in [0.29, 0.717) is 13.2 Å². The molecule has 168 valence electrons. The van der Waals surface area contributed by atoms with Gasteiger partial charge in [0.2, 0.25) is 0 Å². The summed E-state index contributed by atoms with van der Waals surface area (Å²) < 4.78 is 0. The summed E-state index contributed by atoms with van der Waals surface area (Å²) in [6.45, 7) is 8.51. The van der Waals surface area contributed by atoms with Gasteiger partial charge in [-0.3, -0.25) is 19.4 Å². The Morgan fingerprint density at radius 1 is 0.655 bits per heavy atom. The molecular formula is C18H32O8S2Zr. The van der Waals surface area contributed by atoms with E-state index in [1.807, 2.05) is 27.7 Å². The van der Waals surface area contributed by atoms with Gasteiger partial charge in [0, 0.05) is 26.2 Å². The van der Waals surface area contributed by atoms with Crippen molar-refractivity contribution < 1.29 is 64.9 Å². The normalized spacial score (nSPS) is 9.52. The molecule has 0 aliphatic rings. The van der Waals surface area contributed by atoms with Gasteiger partial charge in [-0.1, -0.05) is 40.5 Å². The number of carbonyl (C=O) groups is 4. The van der Waals surface area contributed by atoms with Crippen molar-refractivity contribution in [1.29, 1.82) is 0 Å². The average molecular weight is 532 g/mol. The van der Waals surface area contributed by atoms with Gasteiger partial charge in [0.1, 0.15) is 0 Å². The molecule has 11 heteroatoms. The summed E-state index contributed by atoms with van der Waals surface area (Å²) in [5.41, 5.74) is 0. The second kappa shape index (κ2) is 25.8. The molecule has 0 aliphatic heterocycles. The Kier molecular flexibility index (Phi) is 29.8. The van der Waals surface area contributed by atoms with E-state index in [9.17, 15) is 19.2 Å². The van der Waals surface area contributed by atoms with Gasteiger partial charge in [-0.2, -0.15) is 33.3 Å². The molecule has 0 bridgehead atoms. The number of hydrogen-bond acceptors (Lipinski definition) is 10. The van der Waals surface area contributed by atoms with Crippen molar-refractivity contribution in [2.45, 2.75) is 53.4 Å². The summed E-state index contributed by atoms with van der Waals surface area (Å²) in [6.07, 6.45) is 3.53. The van der Waals surface area contributed by atoms with E-state index in [0.717, 1.165) is 37.2 Å². The molecule has 0 atom stereocenters. The van der Waals surface area contributed by atoms with E-state index in [-0.39, 0.29) is 37.7 Å². The van der Waals surface area contributed by atoms with Crippen LogP contribution in [0.5, 0.6) is 0 Å².